The molecule has 24 heavy (non-hydrogen) atoms. The largest absolute Gasteiger partial charge is 0.329 e. The fourth-order valence-electron chi connectivity index (χ4n) is 2.46. The van der Waals surface area contributed by atoms with E-state index in [4.69, 9.17) is 11.6 Å². The Balaban J connectivity index is 1.99. The van der Waals surface area contributed by atoms with Gasteiger partial charge in [-0.2, -0.15) is 0 Å². The number of aromatic nitrogens is 2. The minimum atomic E-state index is -0.982. The molecule has 1 aromatic heterocycles. The maximum absolute atomic E-state index is 12.5. The summed E-state index contributed by atoms with van der Waals surface area (Å²) in [7, 11) is 0. The minimum absolute atomic E-state index is 0.347. The second kappa shape index (κ2) is 6.33. The van der Waals surface area contributed by atoms with Crippen LogP contribution in [0.1, 0.15) is 13.0 Å². The molecule has 1 heterocycles. The first-order chi connectivity index (χ1) is 11.5. The van der Waals surface area contributed by atoms with Crippen LogP contribution in [0.25, 0.3) is 10.9 Å². The predicted molar refractivity (Wildman–Crippen MR) is 93.6 cm³/mol. The van der Waals surface area contributed by atoms with Gasteiger partial charge in [-0.15, -0.1) is 0 Å². The van der Waals surface area contributed by atoms with Crippen LogP contribution in [-0.2, 0) is 4.79 Å². The molecule has 0 aliphatic rings. The number of halogens is 1. The summed E-state index contributed by atoms with van der Waals surface area (Å²) < 4.78 is 0.905. The molecule has 0 bridgehead atoms. The average Bonchev–Trinajstić information content (AvgIpc) is 2.54. The van der Waals surface area contributed by atoms with Crippen LogP contribution in [-0.4, -0.2) is 15.5 Å². The lowest BCUT2D eigenvalue weighted by Gasteiger charge is -2.15. The van der Waals surface area contributed by atoms with Crippen LogP contribution in [0.4, 0.5) is 5.69 Å². The van der Waals surface area contributed by atoms with Crippen LogP contribution in [0.15, 0.2) is 58.1 Å². The molecule has 0 fully saturated rings. The molecule has 1 atom stereocenters. The number of rotatable bonds is 3. The molecule has 2 aromatic carbocycles. The van der Waals surface area contributed by atoms with E-state index in [1.54, 1.807) is 48.5 Å². The van der Waals surface area contributed by atoms with E-state index in [1.165, 1.54) is 6.92 Å². The Kier molecular flexibility index (Phi) is 4.22. The third-order valence-electron chi connectivity index (χ3n) is 3.70. The Labute approximate surface area is 141 Å². The molecule has 0 unspecified atom stereocenters. The smallest absolute Gasteiger partial charge is 0.324 e. The van der Waals surface area contributed by atoms with E-state index < -0.39 is 23.2 Å². The van der Waals surface area contributed by atoms with Gasteiger partial charge in [0, 0.05) is 10.7 Å². The zero-order valence-corrected chi connectivity index (χ0v) is 13.5. The van der Waals surface area contributed by atoms with E-state index in [0.717, 1.165) is 4.57 Å². The van der Waals surface area contributed by atoms with Gasteiger partial charge in [0.1, 0.15) is 6.04 Å². The molecule has 0 saturated carbocycles. The van der Waals surface area contributed by atoms with Gasteiger partial charge in [-0.25, -0.2) is 9.36 Å². The number of fused-ring (bicyclic) bond motifs is 1. The van der Waals surface area contributed by atoms with E-state index in [9.17, 15) is 14.4 Å². The summed E-state index contributed by atoms with van der Waals surface area (Å²) in [4.78, 5) is 39.8. The topological polar surface area (TPSA) is 84.0 Å². The molecular weight excluding hydrogens is 330 g/mol. The number of carbonyl (C=O) groups excluding carboxylic acids is 1. The van der Waals surface area contributed by atoms with Gasteiger partial charge in [-0.05, 0) is 37.3 Å². The number of amides is 1. The first kappa shape index (κ1) is 16.0. The quantitative estimate of drug-likeness (QED) is 0.766. The fourth-order valence-corrected chi connectivity index (χ4v) is 2.65. The Bertz CT molecular complexity index is 1040. The lowest BCUT2D eigenvalue weighted by molar-refractivity contribution is -0.118. The molecule has 2 N–H and O–H groups in total. The molecule has 122 valence electrons. The highest BCUT2D eigenvalue weighted by atomic mass is 35.5. The number of para-hydroxylation sites is 1. The van der Waals surface area contributed by atoms with Gasteiger partial charge in [0.05, 0.1) is 10.9 Å². The molecule has 0 saturated heterocycles. The number of nitrogens with one attached hydrogen (secondary N) is 2. The van der Waals surface area contributed by atoms with Crippen molar-refractivity contribution >= 4 is 34.1 Å². The zero-order chi connectivity index (χ0) is 17.3. The van der Waals surface area contributed by atoms with Gasteiger partial charge in [-0.1, -0.05) is 29.8 Å². The number of hydrogen-bond acceptors (Lipinski definition) is 3. The Hall–Kier alpha value is -2.86. The summed E-state index contributed by atoms with van der Waals surface area (Å²) >= 11 is 5.88. The van der Waals surface area contributed by atoms with Crippen LogP contribution in [0, 0.1) is 0 Å². The van der Waals surface area contributed by atoms with Gasteiger partial charge in [0.15, 0.2) is 0 Å². The van der Waals surface area contributed by atoms with Crippen molar-refractivity contribution in [3.8, 4) is 0 Å². The number of hydrogen-bond donors (Lipinski definition) is 2. The molecule has 1 amide bonds. The Morgan fingerprint density at radius 2 is 1.92 bits per heavy atom. The first-order valence-electron chi connectivity index (χ1n) is 7.27. The van der Waals surface area contributed by atoms with Crippen molar-refractivity contribution in [2.75, 3.05) is 5.32 Å². The summed E-state index contributed by atoms with van der Waals surface area (Å²) in [6.45, 7) is 1.49. The van der Waals surface area contributed by atoms with Crippen molar-refractivity contribution in [1.29, 1.82) is 0 Å². The number of benzene rings is 2. The zero-order valence-electron chi connectivity index (χ0n) is 12.7. The van der Waals surface area contributed by atoms with Gasteiger partial charge in [0.25, 0.3) is 5.56 Å². The molecular formula is C17H14ClN3O3. The van der Waals surface area contributed by atoms with Crippen LogP contribution in [0.3, 0.4) is 0 Å². The summed E-state index contributed by atoms with van der Waals surface area (Å²) in [5.41, 5.74) is -0.216. The van der Waals surface area contributed by atoms with Gasteiger partial charge < -0.3 is 10.3 Å². The van der Waals surface area contributed by atoms with Crippen molar-refractivity contribution in [3.63, 3.8) is 0 Å². The fraction of sp³-hybridized carbons (Fsp3) is 0.118. The number of nitrogens with zero attached hydrogens (tertiary/aromatic N) is 1. The van der Waals surface area contributed by atoms with Crippen molar-refractivity contribution in [2.24, 2.45) is 0 Å². The lowest BCUT2D eigenvalue weighted by Crippen LogP contribution is -2.41. The van der Waals surface area contributed by atoms with Crippen molar-refractivity contribution in [1.82, 2.24) is 9.55 Å². The first-order valence-corrected chi connectivity index (χ1v) is 7.65. The summed E-state index contributed by atoms with van der Waals surface area (Å²) in [5, 5.41) is 3.47. The maximum atomic E-state index is 12.5. The van der Waals surface area contributed by atoms with E-state index in [-0.39, 0.29) is 0 Å². The molecule has 3 rings (SSSR count). The number of anilines is 1. The lowest BCUT2D eigenvalue weighted by atomic mass is 10.2. The number of H-pyrrole nitrogens is 1. The molecule has 0 aliphatic heterocycles. The van der Waals surface area contributed by atoms with Gasteiger partial charge >= 0.3 is 5.69 Å². The van der Waals surface area contributed by atoms with Gasteiger partial charge in [0.2, 0.25) is 5.91 Å². The van der Waals surface area contributed by atoms with E-state index in [1.807, 2.05) is 0 Å². The molecule has 0 radical (unpaired) electrons. The highest BCUT2D eigenvalue weighted by Crippen LogP contribution is 2.16. The highest BCUT2D eigenvalue weighted by Gasteiger charge is 2.20. The summed E-state index contributed by atoms with van der Waals surface area (Å²) in [6, 6.07) is 12.3. The summed E-state index contributed by atoms with van der Waals surface area (Å²) in [5.74, 6) is -0.486. The second-order valence-electron chi connectivity index (χ2n) is 5.33. The highest BCUT2D eigenvalue weighted by molar-refractivity contribution is 6.30. The molecule has 3 aromatic rings. The Morgan fingerprint density at radius 1 is 1.17 bits per heavy atom. The molecule has 0 spiro atoms. The number of carbonyl (C=O) groups is 1. The number of aromatic amines is 1. The maximum Gasteiger partial charge on any atom is 0.329 e. The predicted octanol–water partition coefficient (Wildman–Crippen LogP) is 2.54. The van der Waals surface area contributed by atoms with Crippen LogP contribution in [0.5, 0.6) is 0 Å². The molecule has 0 aliphatic carbocycles. The summed E-state index contributed by atoms with van der Waals surface area (Å²) in [6.07, 6.45) is 0. The third-order valence-corrected chi connectivity index (χ3v) is 3.93. The van der Waals surface area contributed by atoms with Crippen LogP contribution in [0.2, 0.25) is 5.02 Å². The molecule has 7 heteroatoms. The Morgan fingerprint density at radius 3 is 2.67 bits per heavy atom. The SMILES string of the molecule is C[C@H](C(=O)Nc1cccc(Cl)c1)n1c(=O)[nH]c2ccccc2c1=O. The third kappa shape index (κ3) is 2.96. The molecule has 6 nitrogen and oxygen atoms in total. The van der Waals surface area contributed by atoms with Crippen molar-refractivity contribution in [2.45, 2.75) is 13.0 Å². The minimum Gasteiger partial charge on any atom is -0.324 e. The van der Waals surface area contributed by atoms with E-state index in [0.29, 0.717) is 21.6 Å². The van der Waals surface area contributed by atoms with Crippen LogP contribution >= 0.6 is 11.6 Å². The normalized spacial score (nSPS) is 12.1. The average molecular weight is 344 g/mol. The monoisotopic (exact) mass is 343 g/mol. The van der Waals surface area contributed by atoms with Crippen molar-refractivity contribution < 1.29 is 4.79 Å². The second-order valence-corrected chi connectivity index (χ2v) is 5.76. The van der Waals surface area contributed by atoms with E-state index in [2.05, 4.69) is 10.3 Å². The standard InChI is InChI=1S/C17H14ClN3O3/c1-10(15(22)19-12-6-4-5-11(18)9-12)21-16(23)13-7-2-3-8-14(13)20-17(21)24/h2-10H,1H3,(H,19,22)(H,20,24)/t10-/m1/s1. The van der Waals surface area contributed by atoms with Crippen molar-refractivity contribution in [3.05, 3.63) is 74.4 Å². The van der Waals surface area contributed by atoms with Gasteiger partial charge in [-0.3, -0.25) is 9.59 Å². The van der Waals surface area contributed by atoms with Crippen LogP contribution < -0.4 is 16.6 Å². The van der Waals surface area contributed by atoms with E-state index >= 15 is 0 Å².